The monoisotopic (exact) mass is 380 g/mol. The van der Waals surface area contributed by atoms with E-state index in [1.54, 1.807) is 12.1 Å². The molecule has 0 bridgehead atoms. The van der Waals surface area contributed by atoms with Crippen LogP contribution in [0.1, 0.15) is 12.8 Å². The van der Waals surface area contributed by atoms with Crippen molar-refractivity contribution in [3.8, 4) is 17.0 Å². The Morgan fingerprint density at radius 1 is 1.19 bits per heavy atom. The van der Waals surface area contributed by atoms with Crippen molar-refractivity contribution in [3.63, 3.8) is 0 Å². The van der Waals surface area contributed by atoms with E-state index in [-0.39, 0.29) is 11.9 Å². The Bertz CT molecular complexity index is 1000. The fourth-order valence-electron chi connectivity index (χ4n) is 3.09. The van der Waals surface area contributed by atoms with E-state index in [0.29, 0.717) is 35.6 Å². The molecule has 3 heterocycles. The van der Waals surface area contributed by atoms with Crippen LogP contribution < -0.4 is 10.5 Å². The molecule has 3 aromatic rings. The molecule has 2 aromatic heterocycles. The Balaban J connectivity index is 1.65. The van der Waals surface area contributed by atoms with E-state index in [4.69, 9.17) is 9.15 Å². The number of fused-ring (bicyclic) bond motifs is 1. The van der Waals surface area contributed by atoms with E-state index in [9.17, 15) is 18.0 Å². The second-order valence-electron chi connectivity index (χ2n) is 6.20. The summed E-state index contributed by atoms with van der Waals surface area (Å²) >= 11 is 0. The molecule has 6 nitrogen and oxygen atoms in total. The fraction of sp³-hybridized carbons (Fsp3) is 0.333. The largest absolute Gasteiger partial charge is 0.573 e. The number of rotatable bonds is 4. The van der Waals surface area contributed by atoms with E-state index in [1.807, 2.05) is 0 Å². The summed E-state index contributed by atoms with van der Waals surface area (Å²) in [6.45, 7) is 1.01. The van der Waals surface area contributed by atoms with Gasteiger partial charge < -0.3 is 13.9 Å². The molecule has 1 unspecified atom stereocenters. The zero-order valence-corrected chi connectivity index (χ0v) is 14.0. The number of benzene rings is 1. The average Bonchev–Trinajstić information content (AvgIpc) is 3.23. The predicted molar refractivity (Wildman–Crippen MR) is 89.4 cm³/mol. The number of oxazole rings is 1. The first-order valence-electron chi connectivity index (χ1n) is 8.37. The molecule has 4 rings (SSSR count). The highest BCUT2D eigenvalue weighted by molar-refractivity contribution is 5.73. The second kappa shape index (κ2) is 6.73. The third kappa shape index (κ3) is 3.82. The SMILES string of the molecule is O=c1oc2ccc(-c3ccc(OC(F)(F)F)cc3)nc2n1CC1CCCO1. The van der Waals surface area contributed by atoms with Crippen LogP contribution in [0, 0.1) is 0 Å². The Morgan fingerprint density at radius 3 is 2.63 bits per heavy atom. The van der Waals surface area contributed by atoms with Crippen LogP contribution in [0.25, 0.3) is 22.5 Å². The maximum Gasteiger partial charge on any atom is 0.573 e. The van der Waals surface area contributed by atoms with Gasteiger partial charge in [0, 0.05) is 12.2 Å². The van der Waals surface area contributed by atoms with Crippen molar-refractivity contribution in [1.29, 1.82) is 0 Å². The van der Waals surface area contributed by atoms with Gasteiger partial charge in [-0.2, -0.15) is 0 Å². The van der Waals surface area contributed by atoms with Crippen LogP contribution in [0.5, 0.6) is 5.75 Å². The van der Waals surface area contributed by atoms with E-state index in [1.165, 1.54) is 28.8 Å². The van der Waals surface area contributed by atoms with Crippen molar-refractivity contribution in [1.82, 2.24) is 9.55 Å². The van der Waals surface area contributed by atoms with Gasteiger partial charge in [-0.1, -0.05) is 0 Å². The van der Waals surface area contributed by atoms with Crippen LogP contribution >= 0.6 is 0 Å². The van der Waals surface area contributed by atoms with Gasteiger partial charge in [0.2, 0.25) is 0 Å². The normalized spacial score (nSPS) is 17.5. The van der Waals surface area contributed by atoms with Crippen molar-refractivity contribution in [2.45, 2.75) is 31.9 Å². The van der Waals surface area contributed by atoms with Crippen LogP contribution in [0.3, 0.4) is 0 Å². The molecular weight excluding hydrogens is 365 g/mol. The first-order chi connectivity index (χ1) is 12.9. The highest BCUT2D eigenvalue weighted by Crippen LogP contribution is 2.27. The first-order valence-corrected chi connectivity index (χ1v) is 8.37. The number of pyridine rings is 1. The van der Waals surface area contributed by atoms with Gasteiger partial charge in [-0.15, -0.1) is 13.2 Å². The molecule has 0 aliphatic carbocycles. The Morgan fingerprint density at radius 2 is 1.96 bits per heavy atom. The predicted octanol–water partition coefficient (Wildman–Crippen LogP) is 3.73. The number of hydrogen-bond donors (Lipinski definition) is 0. The summed E-state index contributed by atoms with van der Waals surface area (Å²) in [6, 6.07) is 8.62. The summed E-state index contributed by atoms with van der Waals surface area (Å²) in [4.78, 5) is 16.6. The van der Waals surface area contributed by atoms with Crippen molar-refractivity contribution in [2.24, 2.45) is 0 Å². The van der Waals surface area contributed by atoms with Gasteiger partial charge in [0.1, 0.15) is 5.75 Å². The molecule has 0 amide bonds. The van der Waals surface area contributed by atoms with Gasteiger partial charge in [-0.3, -0.25) is 4.57 Å². The number of alkyl halides is 3. The van der Waals surface area contributed by atoms with Gasteiger partial charge >= 0.3 is 12.1 Å². The van der Waals surface area contributed by atoms with Crippen molar-refractivity contribution < 1.29 is 27.1 Å². The molecule has 1 atom stereocenters. The number of halogens is 3. The Labute approximate surface area is 151 Å². The van der Waals surface area contributed by atoms with Gasteiger partial charge in [-0.05, 0) is 49.2 Å². The maximum absolute atomic E-state index is 12.3. The van der Waals surface area contributed by atoms with E-state index >= 15 is 0 Å². The standard InChI is InChI=1S/C18H15F3N2O4/c19-18(20,21)27-12-5-3-11(4-6-12)14-7-8-15-16(22-14)23(17(24)26-15)10-13-2-1-9-25-13/h3-8,13H,1-2,9-10H2. The summed E-state index contributed by atoms with van der Waals surface area (Å²) in [5.74, 6) is -0.829. The summed E-state index contributed by atoms with van der Waals surface area (Å²) in [5.41, 5.74) is 1.81. The third-order valence-electron chi connectivity index (χ3n) is 4.31. The Kier molecular flexibility index (Phi) is 4.39. The van der Waals surface area contributed by atoms with Crippen molar-refractivity contribution in [2.75, 3.05) is 6.61 Å². The quantitative estimate of drug-likeness (QED) is 0.690. The minimum Gasteiger partial charge on any atom is -0.406 e. The lowest BCUT2D eigenvalue weighted by atomic mass is 10.1. The number of hydrogen-bond acceptors (Lipinski definition) is 5. The van der Waals surface area contributed by atoms with Crippen LogP contribution in [-0.4, -0.2) is 28.6 Å². The fourth-order valence-corrected chi connectivity index (χ4v) is 3.09. The van der Waals surface area contributed by atoms with E-state index in [2.05, 4.69) is 9.72 Å². The molecule has 9 heteroatoms. The maximum atomic E-state index is 12.3. The molecule has 1 saturated heterocycles. The van der Waals surface area contributed by atoms with E-state index < -0.39 is 12.1 Å². The molecule has 27 heavy (non-hydrogen) atoms. The molecule has 1 aliphatic heterocycles. The zero-order valence-electron chi connectivity index (χ0n) is 14.0. The smallest absolute Gasteiger partial charge is 0.406 e. The molecule has 1 fully saturated rings. The molecular formula is C18H15F3N2O4. The molecule has 0 radical (unpaired) electrons. The molecule has 1 aliphatic rings. The average molecular weight is 380 g/mol. The molecule has 0 N–H and O–H groups in total. The van der Waals surface area contributed by atoms with Crippen LogP contribution in [0.4, 0.5) is 13.2 Å². The number of ether oxygens (including phenoxy) is 2. The van der Waals surface area contributed by atoms with Crippen LogP contribution in [0.15, 0.2) is 45.6 Å². The Hall–Kier alpha value is -2.81. The van der Waals surface area contributed by atoms with Gasteiger partial charge in [-0.25, -0.2) is 9.78 Å². The zero-order chi connectivity index (χ0) is 19.0. The van der Waals surface area contributed by atoms with Crippen LogP contribution in [0.2, 0.25) is 0 Å². The molecule has 1 aromatic carbocycles. The lowest BCUT2D eigenvalue weighted by Gasteiger charge is -2.10. The molecule has 0 saturated carbocycles. The summed E-state index contributed by atoms with van der Waals surface area (Å²) in [5, 5.41) is 0. The third-order valence-corrected chi connectivity index (χ3v) is 4.31. The van der Waals surface area contributed by atoms with Gasteiger partial charge in [0.05, 0.1) is 18.3 Å². The van der Waals surface area contributed by atoms with Crippen LogP contribution in [-0.2, 0) is 11.3 Å². The summed E-state index contributed by atoms with van der Waals surface area (Å²) in [7, 11) is 0. The molecule has 142 valence electrons. The minimum absolute atomic E-state index is 0.0623. The van der Waals surface area contributed by atoms with Crippen molar-refractivity contribution in [3.05, 3.63) is 46.9 Å². The van der Waals surface area contributed by atoms with E-state index in [0.717, 1.165) is 12.8 Å². The lowest BCUT2D eigenvalue weighted by molar-refractivity contribution is -0.274. The number of nitrogens with zero attached hydrogens (tertiary/aromatic N) is 2. The summed E-state index contributed by atoms with van der Waals surface area (Å²) in [6.07, 6.45) is -3.00. The lowest BCUT2D eigenvalue weighted by Crippen LogP contribution is -2.23. The topological polar surface area (TPSA) is 66.5 Å². The summed E-state index contributed by atoms with van der Waals surface area (Å²) < 4.78 is 52.9. The molecule has 0 spiro atoms. The number of aromatic nitrogens is 2. The highest BCUT2D eigenvalue weighted by atomic mass is 19.4. The van der Waals surface area contributed by atoms with Gasteiger partial charge in [0.25, 0.3) is 0 Å². The minimum atomic E-state index is -4.74. The van der Waals surface area contributed by atoms with Crippen molar-refractivity contribution >= 4 is 11.2 Å². The highest BCUT2D eigenvalue weighted by Gasteiger charge is 2.31. The van der Waals surface area contributed by atoms with Gasteiger partial charge in [0.15, 0.2) is 11.2 Å². The first kappa shape index (κ1) is 17.6. The second-order valence-corrected chi connectivity index (χ2v) is 6.20.